The first-order chi connectivity index (χ1) is 9.20. The zero-order valence-electron chi connectivity index (χ0n) is 11.4. The Labute approximate surface area is 113 Å². The second kappa shape index (κ2) is 6.18. The number of nitrogens with one attached hydrogen (secondary N) is 1. The Hall–Kier alpha value is -2.10. The van der Waals surface area contributed by atoms with Gasteiger partial charge in [-0.3, -0.25) is 9.48 Å². The van der Waals surface area contributed by atoms with E-state index in [9.17, 15) is 4.79 Å². The van der Waals surface area contributed by atoms with Gasteiger partial charge in [0.25, 0.3) is 0 Å². The number of aromatic nitrogens is 2. The number of rotatable bonds is 6. The van der Waals surface area contributed by atoms with E-state index in [2.05, 4.69) is 10.4 Å². The van der Waals surface area contributed by atoms with Gasteiger partial charge in [-0.2, -0.15) is 5.10 Å². The van der Waals surface area contributed by atoms with E-state index < -0.39 is 0 Å². The lowest BCUT2D eigenvalue weighted by molar-refractivity contribution is 0.0988. The summed E-state index contributed by atoms with van der Waals surface area (Å²) in [5, 5.41) is 7.48. The molecule has 1 N–H and O–H groups in total. The molecule has 4 heteroatoms. The van der Waals surface area contributed by atoms with Crippen molar-refractivity contribution in [3.8, 4) is 0 Å². The van der Waals surface area contributed by atoms with Crippen LogP contribution in [0, 0.1) is 0 Å². The van der Waals surface area contributed by atoms with Crippen LogP contribution < -0.4 is 5.32 Å². The summed E-state index contributed by atoms with van der Waals surface area (Å²) >= 11 is 0. The Balaban J connectivity index is 1.86. The predicted molar refractivity (Wildman–Crippen MR) is 76.5 cm³/mol. The van der Waals surface area contributed by atoms with Crippen LogP contribution in [-0.4, -0.2) is 22.1 Å². The minimum absolute atomic E-state index is 0.182. The van der Waals surface area contributed by atoms with E-state index in [0.29, 0.717) is 6.42 Å². The van der Waals surface area contributed by atoms with E-state index in [0.717, 1.165) is 24.2 Å². The molecule has 0 atom stereocenters. The number of benzene rings is 1. The van der Waals surface area contributed by atoms with Crippen LogP contribution in [-0.2, 0) is 13.5 Å². The van der Waals surface area contributed by atoms with Crippen molar-refractivity contribution in [3.63, 3.8) is 0 Å². The minimum atomic E-state index is 0.182. The summed E-state index contributed by atoms with van der Waals surface area (Å²) in [7, 11) is 1.94. The number of carbonyl (C=O) groups excluding carboxylic acids is 1. The van der Waals surface area contributed by atoms with Crippen LogP contribution in [0.15, 0.2) is 36.5 Å². The Morgan fingerprint density at radius 3 is 2.58 bits per heavy atom. The molecule has 100 valence electrons. The van der Waals surface area contributed by atoms with E-state index in [1.54, 1.807) is 6.20 Å². The second-order valence-corrected chi connectivity index (χ2v) is 4.48. The number of hydrogen-bond acceptors (Lipinski definition) is 3. The van der Waals surface area contributed by atoms with Crippen LogP contribution in [0.1, 0.15) is 29.4 Å². The Morgan fingerprint density at radius 2 is 2.00 bits per heavy atom. The molecule has 0 saturated carbocycles. The smallest absolute Gasteiger partial charge is 0.162 e. The highest BCUT2D eigenvalue weighted by Gasteiger charge is 2.02. The summed E-state index contributed by atoms with van der Waals surface area (Å²) < 4.78 is 1.88. The average molecular weight is 257 g/mol. The number of Topliss-reactive ketones (excluding diaryl/α,β-unsaturated/α-hetero) is 1. The number of aryl methyl sites for hydroxylation is 1. The second-order valence-electron chi connectivity index (χ2n) is 4.48. The molecule has 1 aromatic carbocycles. The van der Waals surface area contributed by atoms with Crippen LogP contribution >= 0.6 is 0 Å². The summed E-state index contributed by atoms with van der Waals surface area (Å²) in [6.45, 7) is 2.73. The quantitative estimate of drug-likeness (QED) is 0.809. The first-order valence-electron chi connectivity index (χ1n) is 6.54. The van der Waals surface area contributed by atoms with E-state index >= 15 is 0 Å². The molecule has 0 saturated heterocycles. The number of hydrogen-bond donors (Lipinski definition) is 1. The van der Waals surface area contributed by atoms with Gasteiger partial charge in [-0.05, 0) is 30.3 Å². The van der Waals surface area contributed by atoms with E-state index in [-0.39, 0.29) is 5.78 Å². The van der Waals surface area contributed by atoms with Crippen molar-refractivity contribution < 1.29 is 4.79 Å². The zero-order valence-corrected chi connectivity index (χ0v) is 11.4. The van der Waals surface area contributed by atoms with Crippen molar-refractivity contribution in [2.75, 3.05) is 11.9 Å². The molecule has 1 heterocycles. The van der Waals surface area contributed by atoms with Crippen molar-refractivity contribution in [1.82, 2.24) is 9.78 Å². The van der Waals surface area contributed by atoms with Gasteiger partial charge in [0, 0.05) is 49.6 Å². The predicted octanol–water partition coefficient (Wildman–Crippen LogP) is 2.67. The van der Waals surface area contributed by atoms with E-state index in [1.807, 2.05) is 49.0 Å². The fourth-order valence-electron chi connectivity index (χ4n) is 1.96. The maximum atomic E-state index is 11.5. The van der Waals surface area contributed by atoms with Gasteiger partial charge in [-0.1, -0.05) is 6.92 Å². The van der Waals surface area contributed by atoms with Crippen molar-refractivity contribution in [1.29, 1.82) is 0 Å². The highest BCUT2D eigenvalue weighted by Crippen LogP contribution is 2.11. The van der Waals surface area contributed by atoms with Gasteiger partial charge >= 0.3 is 0 Å². The lowest BCUT2D eigenvalue weighted by Gasteiger charge is -2.07. The zero-order chi connectivity index (χ0) is 13.7. The topological polar surface area (TPSA) is 46.9 Å². The highest BCUT2D eigenvalue weighted by molar-refractivity contribution is 5.96. The molecule has 0 bridgehead atoms. The fourth-order valence-corrected chi connectivity index (χ4v) is 1.96. The SMILES string of the molecule is CCC(=O)c1ccc(NCCc2ccnn2C)cc1. The van der Waals surface area contributed by atoms with Crippen molar-refractivity contribution >= 4 is 11.5 Å². The maximum Gasteiger partial charge on any atom is 0.162 e. The molecule has 0 fully saturated rings. The van der Waals surface area contributed by atoms with Gasteiger partial charge in [0.1, 0.15) is 0 Å². The summed E-state index contributed by atoms with van der Waals surface area (Å²) in [5.41, 5.74) is 3.01. The molecule has 0 spiro atoms. The van der Waals surface area contributed by atoms with Crippen molar-refractivity contribution in [2.24, 2.45) is 7.05 Å². The van der Waals surface area contributed by atoms with Crippen LogP contribution in [0.4, 0.5) is 5.69 Å². The van der Waals surface area contributed by atoms with Crippen LogP contribution in [0.5, 0.6) is 0 Å². The minimum Gasteiger partial charge on any atom is -0.385 e. The fraction of sp³-hybridized carbons (Fsp3) is 0.333. The standard InChI is InChI=1S/C15H19N3O/c1-3-15(19)12-4-6-13(7-5-12)16-10-8-14-9-11-17-18(14)2/h4-7,9,11,16H,3,8,10H2,1-2H3. The number of ketones is 1. The Kier molecular flexibility index (Phi) is 4.34. The number of anilines is 1. The Morgan fingerprint density at radius 1 is 1.26 bits per heavy atom. The third-order valence-electron chi connectivity index (χ3n) is 3.16. The largest absolute Gasteiger partial charge is 0.385 e. The van der Waals surface area contributed by atoms with Crippen LogP contribution in [0.3, 0.4) is 0 Å². The maximum absolute atomic E-state index is 11.5. The van der Waals surface area contributed by atoms with Crippen molar-refractivity contribution in [3.05, 3.63) is 47.8 Å². The Bertz CT molecular complexity index is 543. The summed E-state index contributed by atoms with van der Waals surface area (Å²) in [4.78, 5) is 11.5. The number of carbonyl (C=O) groups is 1. The lowest BCUT2D eigenvalue weighted by Crippen LogP contribution is -2.08. The van der Waals surface area contributed by atoms with Gasteiger partial charge in [0.05, 0.1) is 0 Å². The third kappa shape index (κ3) is 3.44. The molecular weight excluding hydrogens is 238 g/mol. The highest BCUT2D eigenvalue weighted by atomic mass is 16.1. The number of nitrogens with zero attached hydrogens (tertiary/aromatic N) is 2. The average Bonchev–Trinajstić information content (AvgIpc) is 2.84. The van der Waals surface area contributed by atoms with Gasteiger partial charge in [0.15, 0.2) is 5.78 Å². The molecule has 19 heavy (non-hydrogen) atoms. The van der Waals surface area contributed by atoms with Crippen molar-refractivity contribution in [2.45, 2.75) is 19.8 Å². The summed E-state index contributed by atoms with van der Waals surface area (Å²) in [6, 6.07) is 9.67. The van der Waals surface area contributed by atoms with Gasteiger partial charge in [-0.25, -0.2) is 0 Å². The molecule has 0 aliphatic heterocycles. The monoisotopic (exact) mass is 257 g/mol. The molecule has 1 aromatic heterocycles. The van der Waals surface area contributed by atoms with Crippen LogP contribution in [0.25, 0.3) is 0 Å². The normalized spacial score (nSPS) is 10.4. The molecule has 0 radical (unpaired) electrons. The summed E-state index contributed by atoms with van der Waals surface area (Å²) in [6.07, 6.45) is 3.28. The van der Waals surface area contributed by atoms with E-state index in [1.165, 1.54) is 5.69 Å². The van der Waals surface area contributed by atoms with Crippen LogP contribution in [0.2, 0.25) is 0 Å². The first-order valence-corrected chi connectivity index (χ1v) is 6.54. The van der Waals surface area contributed by atoms with Gasteiger partial charge in [0.2, 0.25) is 0 Å². The van der Waals surface area contributed by atoms with Gasteiger partial charge < -0.3 is 5.32 Å². The summed E-state index contributed by atoms with van der Waals surface area (Å²) in [5.74, 6) is 0.182. The first kappa shape index (κ1) is 13.3. The molecule has 2 aromatic rings. The van der Waals surface area contributed by atoms with E-state index in [4.69, 9.17) is 0 Å². The third-order valence-corrected chi connectivity index (χ3v) is 3.16. The molecule has 2 rings (SSSR count). The molecule has 4 nitrogen and oxygen atoms in total. The molecule has 0 aliphatic rings. The molecular formula is C15H19N3O. The lowest BCUT2D eigenvalue weighted by atomic mass is 10.1. The molecule has 0 amide bonds. The molecule has 0 aliphatic carbocycles. The van der Waals surface area contributed by atoms with Gasteiger partial charge in [-0.15, -0.1) is 0 Å². The molecule has 0 unspecified atom stereocenters.